The van der Waals surface area contributed by atoms with Crippen molar-refractivity contribution in [1.29, 1.82) is 0 Å². The standard InChI is InChI=1S/C14H20N4O2S/c1-16(2)21(19,20)18-9-7-17(8-10-18)14-11-15-13-6-4-3-5-12(13)14/h3-6,11,15H,7-10H2,1-2H3. The summed E-state index contributed by atoms with van der Waals surface area (Å²) in [4.78, 5) is 5.50. The van der Waals surface area contributed by atoms with Crippen molar-refractivity contribution in [1.82, 2.24) is 13.6 Å². The van der Waals surface area contributed by atoms with E-state index < -0.39 is 10.2 Å². The fourth-order valence-corrected chi connectivity index (χ4v) is 3.80. The van der Waals surface area contributed by atoms with Crippen LogP contribution in [0.4, 0.5) is 5.69 Å². The highest BCUT2D eigenvalue weighted by Crippen LogP contribution is 2.27. The van der Waals surface area contributed by atoms with E-state index in [-0.39, 0.29) is 0 Å². The number of nitrogens with one attached hydrogen (secondary N) is 1. The molecule has 114 valence electrons. The zero-order chi connectivity index (χ0) is 15.0. The van der Waals surface area contributed by atoms with Crippen LogP contribution in [-0.2, 0) is 10.2 Å². The molecule has 0 amide bonds. The van der Waals surface area contributed by atoms with Crippen LogP contribution < -0.4 is 4.90 Å². The molecule has 0 aliphatic carbocycles. The van der Waals surface area contributed by atoms with E-state index in [0.29, 0.717) is 26.2 Å². The Kier molecular flexibility index (Phi) is 3.64. The van der Waals surface area contributed by atoms with Gasteiger partial charge in [-0.05, 0) is 6.07 Å². The van der Waals surface area contributed by atoms with Gasteiger partial charge in [-0.2, -0.15) is 17.0 Å². The summed E-state index contributed by atoms with van der Waals surface area (Å²) in [7, 11) is -0.161. The molecule has 1 N–H and O–H groups in total. The Hall–Kier alpha value is -1.57. The van der Waals surface area contributed by atoms with E-state index in [1.165, 1.54) is 9.69 Å². The second-order valence-corrected chi connectivity index (χ2v) is 7.54. The number of hydrogen-bond acceptors (Lipinski definition) is 3. The van der Waals surface area contributed by atoms with Crippen molar-refractivity contribution in [2.24, 2.45) is 0 Å². The van der Waals surface area contributed by atoms with Crippen LogP contribution in [0, 0.1) is 0 Å². The minimum Gasteiger partial charge on any atom is -0.367 e. The molecular formula is C14H20N4O2S. The van der Waals surface area contributed by atoms with E-state index in [1.54, 1.807) is 18.4 Å². The number of aromatic nitrogens is 1. The van der Waals surface area contributed by atoms with E-state index in [9.17, 15) is 8.42 Å². The first-order valence-electron chi connectivity index (χ1n) is 6.99. The Balaban J connectivity index is 1.77. The van der Waals surface area contributed by atoms with Crippen LogP contribution in [0.2, 0.25) is 0 Å². The molecule has 1 aromatic heterocycles. The minimum atomic E-state index is -3.30. The van der Waals surface area contributed by atoms with Crippen LogP contribution in [-0.4, -0.2) is 62.3 Å². The Morgan fingerprint density at radius 3 is 2.43 bits per heavy atom. The second-order valence-electron chi connectivity index (χ2n) is 5.40. The molecule has 1 aromatic carbocycles. The second kappa shape index (κ2) is 5.32. The van der Waals surface area contributed by atoms with Crippen molar-refractivity contribution in [3.63, 3.8) is 0 Å². The van der Waals surface area contributed by atoms with Crippen LogP contribution in [0.5, 0.6) is 0 Å². The molecule has 3 rings (SSSR count). The highest BCUT2D eigenvalue weighted by molar-refractivity contribution is 7.86. The third-order valence-electron chi connectivity index (χ3n) is 3.93. The molecule has 0 spiro atoms. The molecule has 0 atom stereocenters. The van der Waals surface area contributed by atoms with Crippen molar-refractivity contribution in [2.45, 2.75) is 0 Å². The molecule has 6 nitrogen and oxygen atoms in total. The summed E-state index contributed by atoms with van der Waals surface area (Å²) in [6.45, 7) is 2.43. The molecular weight excluding hydrogens is 288 g/mol. The summed E-state index contributed by atoms with van der Waals surface area (Å²) in [5.74, 6) is 0. The number of aromatic amines is 1. The molecule has 1 fully saturated rings. The first kappa shape index (κ1) is 14.4. The van der Waals surface area contributed by atoms with Crippen molar-refractivity contribution in [2.75, 3.05) is 45.2 Å². The highest BCUT2D eigenvalue weighted by atomic mass is 32.2. The van der Waals surface area contributed by atoms with Crippen LogP contribution in [0.15, 0.2) is 30.5 Å². The number of nitrogens with zero attached hydrogens (tertiary/aromatic N) is 3. The number of fused-ring (bicyclic) bond motifs is 1. The Morgan fingerprint density at radius 2 is 1.76 bits per heavy atom. The first-order chi connectivity index (χ1) is 10.00. The van der Waals surface area contributed by atoms with Gasteiger partial charge in [-0.3, -0.25) is 0 Å². The van der Waals surface area contributed by atoms with Gasteiger partial charge in [0, 0.05) is 57.4 Å². The molecule has 0 saturated carbocycles. The smallest absolute Gasteiger partial charge is 0.281 e. The zero-order valence-electron chi connectivity index (χ0n) is 12.3. The van der Waals surface area contributed by atoms with Gasteiger partial charge in [0.2, 0.25) is 0 Å². The predicted molar refractivity (Wildman–Crippen MR) is 84.7 cm³/mol. The maximum Gasteiger partial charge on any atom is 0.281 e. The quantitative estimate of drug-likeness (QED) is 0.923. The number of benzene rings is 1. The topological polar surface area (TPSA) is 59.7 Å². The average molecular weight is 308 g/mol. The summed E-state index contributed by atoms with van der Waals surface area (Å²) < 4.78 is 27.0. The van der Waals surface area contributed by atoms with Gasteiger partial charge in [0.05, 0.1) is 5.69 Å². The molecule has 2 aromatic rings. The largest absolute Gasteiger partial charge is 0.367 e. The minimum absolute atomic E-state index is 0.514. The average Bonchev–Trinajstić information content (AvgIpc) is 2.91. The van der Waals surface area contributed by atoms with Gasteiger partial charge in [0.1, 0.15) is 0 Å². The lowest BCUT2D eigenvalue weighted by atomic mass is 10.2. The Labute approximate surface area is 125 Å². The lowest BCUT2D eigenvalue weighted by Gasteiger charge is -2.36. The van der Waals surface area contributed by atoms with Gasteiger partial charge in [0.25, 0.3) is 10.2 Å². The molecule has 0 bridgehead atoms. The number of hydrogen-bond donors (Lipinski definition) is 1. The van der Waals surface area contributed by atoms with Crippen molar-refractivity contribution >= 4 is 26.8 Å². The molecule has 1 aliphatic rings. The van der Waals surface area contributed by atoms with Gasteiger partial charge >= 0.3 is 0 Å². The van der Waals surface area contributed by atoms with Gasteiger partial charge < -0.3 is 9.88 Å². The van der Waals surface area contributed by atoms with Gasteiger partial charge in [0.15, 0.2) is 0 Å². The maximum atomic E-state index is 12.1. The van der Waals surface area contributed by atoms with Crippen LogP contribution in [0.1, 0.15) is 0 Å². The normalized spacial score (nSPS) is 17.8. The summed E-state index contributed by atoms with van der Waals surface area (Å²) in [6.07, 6.45) is 2.00. The van der Waals surface area contributed by atoms with E-state index >= 15 is 0 Å². The third-order valence-corrected chi connectivity index (χ3v) is 5.88. The highest BCUT2D eigenvalue weighted by Gasteiger charge is 2.29. The lowest BCUT2D eigenvalue weighted by molar-refractivity contribution is 0.356. The number of H-pyrrole nitrogens is 1. The summed E-state index contributed by atoms with van der Waals surface area (Å²) >= 11 is 0. The monoisotopic (exact) mass is 308 g/mol. The van der Waals surface area contributed by atoms with Crippen LogP contribution >= 0.6 is 0 Å². The SMILES string of the molecule is CN(C)S(=O)(=O)N1CCN(c2c[nH]c3ccccc23)CC1. The van der Waals surface area contributed by atoms with E-state index in [4.69, 9.17) is 0 Å². The Morgan fingerprint density at radius 1 is 1.10 bits per heavy atom. The summed E-state index contributed by atoms with van der Waals surface area (Å²) in [6, 6.07) is 8.16. The molecule has 0 radical (unpaired) electrons. The van der Waals surface area contributed by atoms with Crippen LogP contribution in [0.25, 0.3) is 10.9 Å². The van der Waals surface area contributed by atoms with Gasteiger partial charge in [-0.15, -0.1) is 0 Å². The summed E-state index contributed by atoms with van der Waals surface area (Å²) in [5.41, 5.74) is 2.25. The molecule has 1 saturated heterocycles. The molecule has 2 heterocycles. The number of para-hydroxylation sites is 1. The van der Waals surface area contributed by atoms with Crippen molar-refractivity contribution < 1.29 is 8.42 Å². The number of anilines is 1. The van der Waals surface area contributed by atoms with E-state index in [2.05, 4.69) is 16.0 Å². The van der Waals surface area contributed by atoms with Gasteiger partial charge in [-0.25, -0.2) is 0 Å². The lowest BCUT2D eigenvalue weighted by Crippen LogP contribution is -2.51. The van der Waals surface area contributed by atoms with Crippen LogP contribution in [0.3, 0.4) is 0 Å². The fourth-order valence-electron chi connectivity index (χ4n) is 2.71. The zero-order valence-corrected chi connectivity index (χ0v) is 13.1. The van der Waals surface area contributed by atoms with E-state index in [1.807, 2.05) is 24.4 Å². The summed E-state index contributed by atoms with van der Waals surface area (Å²) in [5, 5.41) is 1.18. The van der Waals surface area contributed by atoms with E-state index in [0.717, 1.165) is 11.2 Å². The predicted octanol–water partition coefficient (Wildman–Crippen LogP) is 1.10. The molecule has 0 unspecified atom stereocenters. The number of rotatable bonds is 3. The van der Waals surface area contributed by atoms with Gasteiger partial charge in [-0.1, -0.05) is 18.2 Å². The molecule has 21 heavy (non-hydrogen) atoms. The van der Waals surface area contributed by atoms with Crippen molar-refractivity contribution in [3.8, 4) is 0 Å². The van der Waals surface area contributed by atoms with Crippen molar-refractivity contribution in [3.05, 3.63) is 30.5 Å². The first-order valence-corrected chi connectivity index (χ1v) is 8.38. The third kappa shape index (κ3) is 2.52. The maximum absolute atomic E-state index is 12.1. The fraction of sp³-hybridized carbons (Fsp3) is 0.429. The molecule has 7 heteroatoms. The molecule has 1 aliphatic heterocycles. The number of piperazine rings is 1. The Bertz CT molecular complexity index is 730.